The van der Waals surface area contributed by atoms with Gasteiger partial charge in [-0.25, -0.2) is 4.98 Å². The molecule has 0 radical (unpaired) electrons. The highest BCUT2D eigenvalue weighted by atomic mass is 32.1. The van der Waals surface area contributed by atoms with Crippen molar-refractivity contribution >= 4 is 45.8 Å². The van der Waals surface area contributed by atoms with Crippen molar-refractivity contribution in [3.63, 3.8) is 0 Å². The van der Waals surface area contributed by atoms with E-state index in [1.54, 1.807) is 60.6 Å². The SMILES string of the molecule is C[C@H]1Oc2ccc(-c3csc(NC(=O)CN4C(=O)c5ccccc5C4=O)n3)cc2N(C)C1=O. The summed E-state index contributed by atoms with van der Waals surface area (Å²) in [6.45, 7) is 1.30. The number of ether oxygens (including phenoxy) is 1. The Hall–Kier alpha value is -4.05. The van der Waals surface area contributed by atoms with Crippen LogP contribution in [0.4, 0.5) is 10.8 Å². The van der Waals surface area contributed by atoms with Crippen LogP contribution in [0.15, 0.2) is 47.8 Å². The molecule has 2 aliphatic rings. The van der Waals surface area contributed by atoms with E-state index >= 15 is 0 Å². The van der Waals surface area contributed by atoms with Crippen molar-refractivity contribution in [3.8, 4) is 17.0 Å². The summed E-state index contributed by atoms with van der Waals surface area (Å²) in [5.41, 5.74) is 2.59. The molecule has 1 aromatic heterocycles. The van der Waals surface area contributed by atoms with Crippen LogP contribution in [0.3, 0.4) is 0 Å². The number of aromatic nitrogens is 1. The second-order valence-corrected chi connectivity index (χ2v) is 8.53. The van der Waals surface area contributed by atoms with Gasteiger partial charge in [0, 0.05) is 18.0 Å². The number of fused-ring (bicyclic) bond motifs is 2. The molecule has 1 N–H and O–H groups in total. The molecule has 0 bridgehead atoms. The molecule has 0 fully saturated rings. The van der Waals surface area contributed by atoms with Gasteiger partial charge in [0.05, 0.1) is 22.5 Å². The fourth-order valence-corrected chi connectivity index (χ4v) is 4.56. The van der Waals surface area contributed by atoms with Gasteiger partial charge in [-0.3, -0.25) is 24.1 Å². The Kier molecular flexibility index (Phi) is 4.94. The Labute approximate surface area is 192 Å². The Morgan fingerprint density at radius 1 is 1.12 bits per heavy atom. The molecule has 3 aromatic rings. The van der Waals surface area contributed by atoms with Crippen molar-refractivity contribution in [1.29, 1.82) is 0 Å². The first-order valence-electron chi connectivity index (χ1n) is 10.1. The molecule has 1 atom stereocenters. The van der Waals surface area contributed by atoms with Crippen molar-refractivity contribution in [3.05, 3.63) is 59.0 Å². The summed E-state index contributed by atoms with van der Waals surface area (Å²) in [5.74, 6) is -1.04. The number of benzene rings is 2. The lowest BCUT2D eigenvalue weighted by molar-refractivity contribution is -0.125. The monoisotopic (exact) mass is 462 g/mol. The number of carbonyl (C=O) groups excluding carboxylic acids is 4. The predicted molar refractivity (Wildman–Crippen MR) is 121 cm³/mol. The van der Waals surface area contributed by atoms with Gasteiger partial charge in [0.1, 0.15) is 12.3 Å². The molecule has 0 saturated heterocycles. The van der Waals surface area contributed by atoms with Crippen LogP contribution in [0.1, 0.15) is 27.6 Å². The maximum atomic E-state index is 12.5. The summed E-state index contributed by atoms with van der Waals surface area (Å²) in [5, 5.41) is 4.75. The molecule has 5 rings (SSSR count). The average molecular weight is 462 g/mol. The zero-order valence-electron chi connectivity index (χ0n) is 17.7. The molecule has 4 amide bonds. The first-order chi connectivity index (χ1) is 15.8. The molecule has 33 heavy (non-hydrogen) atoms. The number of likely N-dealkylation sites (N-methyl/N-ethyl adjacent to an activating group) is 1. The minimum atomic E-state index is -0.545. The summed E-state index contributed by atoms with van der Waals surface area (Å²) >= 11 is 1.22. The lowest BCUT2D eigenvalue weighted by Gasteiger charge is -2.30. The number of amides is 4. The number of hydrogen-bond donors (Lipinski definition) is 1. The maximum Gasteiger partial charge on any atom is 0.267 e. The van der Waals surface area contributed by atoms with Crippen LogP contribution in [0.2, 0.25) is 0 Å². The van der Waals surface area contributed by atoms with Gasteiger partial charge in [-0.2, -0.15) is 0 Å². The zero-order chi connectivity index (χ0) is 23.3. The van der Waals surface area contributed by atoms with Gasteiger partial charge >= 0.3 is 0 Å². The van der Waals surface area contributed by atoms with E-state index < -0.39 is 30.4 Å². The standard InChI is InChI=1S/C23H18N4O5S/c1-12-20(29)26(2)17-9-13(7-8-18(17)32-12)16-11-33-23(24-16)25-19(28)10-27-21(30)14-5-3-4-6-15(14)22(27)31/h3-9,11-12H,10H2,1-2H3,(H,24,25,28)/t12-/m1/s1. The van der Waals surface area contributed by atoms with E-state index in [0.29, 0.717) is 33.4 Å². The van der Waals surface area contributed by atoms with Crippen LogP contribution in [0.25, 0.3) is 11.3 Å². The number of rotatable bonds is 4. The van der Waals surface area contributed by atoms with Crippen LogP contribution in [-0.2, 0) is 9.59 Å². The molecule has 0 aliphatic carbocycles. The summed E-state index contributed by atoms with van der Waals surface area (Å²) < 4.78 is 5.64. The van der Waals surface area contributed by atoms with Crippen molar-refractivity contribution in [2.45, 2.75) is 13.0 Å². The number of thiazole rings is 1. The van der Waals surface area contributed by atoms with E-state index in [4.69, 9.17) is 4.74 Å². The van der Waals surface area contributed by atoms with Crippen molar-refractivity contribution in [1.82, 2.24) is 9.88 Å². The number of imide groups is 1. The smallest absolute Gasteiger partial charge is 0.267 e. The normalized spacial score (nSPS) is 17.0. The van der Waals surface area contributed by atoms with E-state index in [9.17, 15) is 19.2 Å². The second-order valence-electron chi connectivity index (χ2n) is 7.67. The number of nitrogens with one attached hydrogen (secondary N) is 1. The Bertz CT molecular complexity index is 1300. The molecular weight excluding hydrogens is 444 g/mol. The highest BCUT2D eigenvalue weighted by molar-refractivity contribution is 7.14. The van der Waals surface area contributed by atoms with Crippen molar-refractivity contribution in [2.24, 2.45) is 0 Å². The lowest BCUT2D eigenvalue weighted by Crippen LogP contribution is -2.41. The molecule has 2 aliphatic heterocycles. The highest BCUT2D eigenvalue weighted by Crippen LogP contribution is 2.37. The molecule has 9 nitrogen and oxygen atoms in total. The molecule has 10 heteroatoms. The molecule has 0 unspecified atom stereocenters. The minimum Gasteiger partial charge on any atom is -0.479 e. The first kappa shape index (κ1) is 20.8. The predicted octanol–water partition coefficient (Wildman–Crippen LogP) is 2.79. The Morgan fingerprint density at radius 3 is 2.52 bits per heavy atom. The molecule has 3 heterocycles. The summed E-state index contributed by atoms with van der Waals surface area (Å²) in [4.78, 5) is 56.5. The van der Waals surface area contributed by atoms with E-state index in [1.807, 2.05) is 6.07 Å². The van der Waals surface area contributed by atoms with Crippen LogP contribution in [-0.4, -0.2) is 53.2 Å². The third-order valence-electron chi connectivity index (χ3n) is 5.53. The van der Waals surface area contributed by atoms with Crippen LogP contribution >= 0.6 is 11.3 Å². The van der Waals surface area contributed by atoms with E-state index in [0.717, 1.165) is 10.5 Å². The summed E-state index contributed by atoms with van der Waals surface area (Å²) in [6.07, 6.45) is -0.545. The third kappa shape index (κ3) is 3.54. The zero-order valence-corrected chi connectivity index (χ0v) is 18.5. The minimum absolute atomic E-state index is 0.140. The van der Waals surface area contributed by atoms with Crippen molar-refractivity contribution < 1.29 is 23.9 Å². The summed E-state index contributed by atoms with van der Waals surface area (Å²) in [7, 11) is 1.69. The number of carbonyl (C=O) groups is 4. The van der Waals surface area contributed by atoms with E-state index in [1.165, 1.54) is 11.3 Å². The quantitative estimate of drug-likeness (QED) is 0.598. The number of hydrogen-bond acceptors (Lipinski definition) is 7. The molecule has 2 aromatic carbocycles. The molecule has 166 valence electrons. The van der Waals surface area contributed by atoms with Gasteiger partial charge in [0.2, 0.25) is 5.91 Å². The van der Waals surface area contributed by atoms with Gasteiger partial charge in [-0.1, -0.05) is 12.1 Å². The molecular formula is C23H18N4O5S. The van der Waals surface area contributed by atoms with Gasteiger partial charge in [0.25, 0.3) is 17.7 Å². The lowest BCUT2D eigenvalue weighted by atomic mass is 10.1. The largest absolute Gasteiger partial charge is 0.479 e. The van der Waals surface area contributed by atoms with Gasteiger partial charge in [0.15, 0.2) is 11.2 Å². The Morgan fingerprint density at radius 2 is 1.82 bits per heavy atom. The van der Waals surface area contributed by atoms with Gasteiger partial charge in [-0.05, 0) is 37.3 Å². The van der Waals surface area contributed by atoms with Crippen LogP contribution in [0, 0.1) is 0 Å². The average Bonchev–Trinajstić information content (AvgIpc) is 3.36. The van der Waals surface area contributed by atoms with Crippen LogP contribution in [0.5, 0.6) is 5.75 Å². The molecule has 0 spiro atoms. The topological polar surface area (TPSA) is 109 Å². The van der Waals surface area contributed by atoms with Crippen molar-refractivity contribution in [2.75, 3.05) is 23.8 Å². The first-order valence-corrected chi connectivity index (χ1v) is 11.0. The highest BCUT2D eigenvalue weighted by Gasteiger charge is 2.36. The number of anilines is 2. The molecule has 0 saturated carbocycles. The fourth-order valence-electron chi connectivity index (χ4n) is 3.82. The van der Waals surface area contributed by atoms with Crippen LogP contribution < -0.4 is 15.0 Å². The van der Waals surface area contributed by atoms with Gasteiger partial charge < -0.3 is 15.0 Å². The summed E-state index contributed by atoms with van der Waals surface area (Å²) in [6, 6.07) is 11.9. The van der Waals surface area contributed by atoms with Gasteiger partial charge in [-0.15, -0.1) is 11.3 Å². The third-order valence-corrected chi connectivity index (χ3v) is 6.29. The second kappa shape index (κ2) is 7.82. The maximum absolute atomic E-state index is 12.5. The van der Waals surface area contributed by atoms with E-state index in [-0.39, 0.29) is 5.91 Å². The Balaban J connectivity index is 1.29. The number of nitrogens with zero attached hydrogens (tertiary/aromatic N) is 3. The van der Waals surface area contributed by atoms with E-state index in [2.05, 4.69) is 10.3 Å². The fraction of sp³-hybridized carbons (Fsp3) is 0.174.